The lowest BCUT2D eigenvalue weighted by atomic mass is 9.96. The quantitative estimate of drug-likeness (QED) is 0.838. The van der Waals surface area contributed by atoms with E-state index in [-0.39, 0.29) is 6.10 Å². The minimum absolute atomic E-state index is 0.00493. The number of hydrogen-bond acceptors (Lipinski definition) is 3. The number of para-hydroxylation sites is 2. The zero-order chi connectivity index (χ0) is 14.9. The maximum absolute atomic E-state index is 5.93. The molecular formula is C17H22N2O2S. The molecule has 1 aromatic carbocycles. The number of ether oxygens (including phenoxy) is 2. The molecule has 1 aromatic rings. The fraction of sp³-hybridized carbons (Fsp3) is 0.588. The zero-order valence-electron chi connectivity index (χ0n) is 12.6. The summed E-state index contributed by atoms with van der Waals surface area (Å²) in [5.41, 5.74) is 0. The highest BCUT2D eigenvalue weighted by Crippen LogP contribution is 2.44. The first-order valence-corrected chi connectivity index (χ1v) is 8.61. The third-order valence-corrected chi connectivity index (χ3v) is 5.37. The van der Waals surface area contributed by atoms with Gasteiger partial charge in [-0.3, -0.25) is 0 Å². The number of thiocarbonyl (C=S) groups is 1. The maximum atomic E-state index is 5.93. The Morgan fingerprint density at radius 2 is 2.05 bits per heavy atom. The molecule has 0 unspecified atom stereocenters. The smallest absolute Gasteiger partial charge is 0.166 e. The molecular weight excluding hydrogens is 296 g/mol. The highest BCUT2D eigenvalue weighted by atomic mass is 32.1. The van der Waals surface area contributed by atoms with E-state index in [9.17, 15) is 0 Å². The Hall–Kier alpha value is -1.49. The molecule has 2 bridgehead atoms. The summed E-state index contributed by atoms with van der Waals surface area (Å²) in [7, 11) is 0. The molecule has 2 aliphatic carbocycles. The van der Waals surface area contributed by atoms with Crippen molar-refractivity contribution < 1.29 is 9.47 Å². The van der Waals surface area contributed by atoms with Crippen LogP contribution in [0.4, 0.5) is 0 Å². The van der Waals surface area contributed by atoms with Gasteiger partial charge in [0, 0.05) is 6.04 Å². The minimum atomic E-state index is -0.00493. The van der Waals surface area contributed by atoms with Crippen LogP contribution in [0.2, 0.25) is 0 Å². The molecule has 2 N–H and O–H groups in total. The molecule has 0 aromatic heterocycles. The fourth-order valence-electron chi connectivity index (χ4n) is 4.01. The van der Waals surface area contributed by atoms with E-state index in [1.807, 2.05) is 24.3 Å². The highest BCUT2D eigenvalue weighted by molar-refractivity contribution is 7.80. The third kappa shape index (κ3) is 2.86. The Balaban J connectivity index is 1.24. The van der Waals surface area contributed by atoms with Gasteiger partial charge in [0.05, 0.1) is 6.54 Å². The molecule has 1 heterocycles. The summed E-state index contributed by atoms with van der Waals surface area (Å²) in [6.45, 7) is 1.22. The van der Waals surface area contributed by atoms with Crippen LogP contribution < -0.4 is 20.1 Å². The number of rotatable bonds is 3. The lowest BCUT2D eigenvalue weighted by Crippen LogP contribution is -2.48. The summed E-state index contributed by atoms with van der Waals surface area (Å²) >= 11 is 5.43. The summed E-state index contributed by atoms with van der Waals surface area (Å²) in [6, 6.07) is 8.35. The molecule has 2 saturated carbocycles. The van der Waals surface area contributed by atoms with Crippen molar-refractivity contribution in [3.05, 3.63) is 24.3 Å². The van der Waals surface area contributed by atoms with Crippen LogP contribution in [-0.4, -0.2) is 30.4 Å². The number of benzene rings is 1. The second-order valence-electron chi connectivity index (χ2n) is 6.63. The van der Waals surface area contributed by atoms with Gasteiger partial charge >= 0.3 is 0 Å². The zero-order valence-corrected chi connectivity index (χ0v) is 13.4. The first-order chi connectivity index (χ1) is 10.8. The molecule has 0 spiro atoms. The average Bonchev–Trinajstić information content (AvgIpc) is 3.15. The van der Waals surface area contributed by atoms with Gasteiger partial charge < -0.3 is 20.1 Å². The van der Waals surface area contributed by atoms with E-state index < -0.39 is 0 Å². The lowest BCUT2D eigenvalue weighted by Gasteiger charge is -2.28. The third-order valence-electron chi connectivity index (χ3n) is 5.11. The molecule has 5 heteroatoms. The van der Waals surface area contributed by atoms with Gasteiger partial charge in [0.2, 0.25) is 0 Å². The number of hydrogen-bond donors (Lipinski definition) is 2. The van der Waals surface area contributed by atoms with E-state index >= 15 is 0 Å². The van der Waals surface area contributed by atoms with E-state index in [0.29, 0.717) is 19.2 Å². The van der Waals surface area contributed by atoms with Crippen LogP contribution in [-0.2, 0) is 0 Å². The normalized spacial score (nSPS) is 31.8. The van der Waals surface area contributed by atoms with Crippen molar-refractivity contribution in [2.75, 3.05) is 13.2 Å². The van der Waals surface area contributed by atoms with Crippen molar-refractivity contribution in [1.29, 1.82) is 0 Å². The van der Waals surface area contributed by atoms with E-state index in [1.165, 1.54) is 25.7 Å². The summed E-state index contributed by atoms with van der Waals surface area (Å²) in [4.78, 5) is 0. The van der Waals surface area contributed by atoms with Crippen molar-refractivity contribution >= 4 is 17.3 Å². The summed E-state index contributed by atoms with van der Waals surface area (Å²) in [6.07, 6.45) is 5.44. The first kappa shape index (κ1) is 14.1. The molecule has 0 saturated heterocycles. The van der Waals surface area contributed by atoms with Crippen molar-refractivity contribution in [1.82, 2.24) is 10.6 Å². The van der Waals surface area contributed by atoms with Crippen LogP contribution in [0.25, 0.3) is 0 Å². The van der Waals surface area contributed by atoms with Gasteiger partial charge in [-0.05, 0) is 55.4 Å². The number of fused-ring (bicyclic) bond motifs is 3. The van der Waals surface area contributed by atoms with Crippen LogP contribution in [0.1, 0.15) is 25.7 Å². The predicted molar refractivity (Wildman–Crippen MR) is 89.3 cm³/mol. The Bertz CT molecular complexity index is 565. The molecule has 118 valence electrons. The van der Waals surface area contributed by atoms with E-state index in [4.69, 9.17) is 21.7 Å². The largest absolute Gasteiger partial charge is 0.486 e. The molecule has 3 aliphatic rings. The van der Waals surface area contributed by atoms with Gasteiger partial charge in [0.15, 0.2) is 16.6 Å². The van der Waals surface area contributed by atoms with Gasteiger partial charge in [-0.2, -0.15) is 0 Å². The predicted octanol–water partition coefficient (Wildman–Crippen LogP) is 2.48. The van der Waals surface area contributed by atoms with E-state index in [0.717, 1.165) is 28.4 Å². The molecule has 0 radical (unpaired) electrons. The van der Waals surface area contributed by atoms with Crippen LogP contribution in [0, 0.1) is 11.8 Å². The number of nitrogens with one attached hydrogen (secondary N) is 2. The Morgan fingerprint density at radius 3 is 2.82 bits per heavy atom. The van der Waals surface area contributed by atoms with Crippen LogP contribution in [0.3, 0.4) is 0 Å². The first-order valence-electron chi connectivity index (χ1n) is 8.21. The van der Waals surface area contributed by atoms with Gasteiger partial charge in [-0.25, -0.2) is 0 Å². The van der Waals surface area contributed by atoms with Gasteiger partial charge in [0.1, 0.15) is 12.7 Å². The van der Waals surface area contributed by atoms with Gasteiger partial charge in [0.25, 0.3) is 0 Å². The molecule has 4 atom stereocenters. The monoisotopic (exact) mass is 318 g/mol. The van der Waals surface area contributed by atoms with Crippen LogP contribution in [0.15, 0.2) is 24.3 Å². The highest BCUT2D eigenvalue weighted by Gasteiger charge is 2.39. The standard InChI is InChI=1S/C17H22N2O2S/c22-17(19-14-8-11-5-6-12(14)7-11)18-9-13-10-20-15-3-1-2-4-16(15)21-13/h1-4,11-14H,5-10H2,(H2,18,19,22)/t11-,12-,13+,14+/m0/s1. The van der Waals surface area contributed by atoms with Gasteiger partial charge in [-0.1, -0.05) is 18.6 Å². The average molecular weight is 318 g/mol. The van der Waals surface area contributed by atoms with Crippen molar-refractivity contribution in [2.24, 2.45) is 11.8 Å². The molecule has 2 fully saturated rings. The SMILES string of the molecule is S=C(NC[C@@H]1COc2ccccc2O1)N[C@@H]1C[C@H]2CC[C@H]1C2. The maximum Gasteiger partial charge on any atom is 0.166 e. The summed E-state index contributed by atoms with van der Waals surface area (Å²) < 4.78 is 11.6. The lowest BCUT2D eigenvalue weighted by molar-refractivity contribution is 0.0937. The van der Waals surface area contributed by atoms with Crippen LogP contribution >= 0.6 is 12.2 Å². The van der Waals surface area contributed by atoms with Gasteiger partial charge in [-0.15, -0.1) is 0 Å². The molecule has 1 aliphatic heterocycles. The van der Waals surface area contributed by atoms with Crippen molar-refractivity contribution in [3.63, 3.8) is 0 Å². The molecule has 0 amide bonds. The van der Waals surface area contributed by atoms with E-state index in [1.54, 1.807) is 0 Å². The Labute approximate surface area is 136 Å². The molecule has 4 nitrogen and oxygen atoms in total. The molecule has 22 heavy (non-hydrogen) atoms. The second kappa shape index (κ2) is 5.95. The van der Waals surface area contributed by atoms with Crippen molar-refractivity contribution in [3.8, 4) is 11.5 Å². The topological polar surface area (TPSA) is 42.5 Å². The van der Waals surface area contributed by atoms with Crippen molar-refractivity contribution in [2.45, 2.75) is 37.8 Å². The Kier molecular flexibility index (Phi) is 3.82. The summed E-state index contributed by atoms with van der Waals surface area (Å²) in [5, 5.41) is 7.53. The second-order valence-corrected chi connectivity index (χ2v) is 7.04. The fourth-order valence-corrected chi connectivity index (χ4v) is 4.25. The minimum Gasteiger partial charge on any atom is -0.486 e. The Morgan fingerprint density at radius 1 is 1.18 bits per heavy atom. The molecule has 4 rings (SSSR count). The van der Waals surface area contributed by atoms with Crippen LogP contribution in [0.5, 0.6) is 11.5 Å². The summed E-state index contributed by atoms with van der Waals surface area (Å²) in [5.74, 6) is 3.39. The van der Waals surface area contributed by atoms with E-state index in [2.05, 4.69) is 10.6 Å².